The van der Waals surface area contributed by atoms with Gasteiger partial charge in [0.1, 0.15) is 0 Å². The maximum atomic E-state index is 13.3. The highest BCUT2D eigenvalue weighted by Gasteiger charge is 2.80. The Kier molecular flexibility index (Phi) is 4.89. The lowest BCUT2D eigenvalue weighted by atomic mass is 10.2. The zero-order valence-electron chi connectivity index (χ0n) is 9.20. The Morgan fingerprint density at radius 1 is 0.750 bits per heavy atom. The molecule has 0 aromatic heterocycles. The monoisotopic (exact) mass is 436 g/mol. The Morgan fingerprint density at radius 3 is 1.60 bits per heavy atom. The van der Waals surface area contributed by atoms with E-state index in [-0.39, 0.29) is 22.6 Å². The molecule has 0 amide bonds. The van der Waals surface area contributed by atoms with Crippen molar-refractivity contribution < 1.29 is 35.1 Å². The molecule has 0 atom stereocenters. The quantitative estimate of drug-likeness (QED) is 0.248. The summed E-state index contributed by atoms with van der Waals surface area (Å²) < 4.78 is 98.4. The van der Waals surface area contributed by atoms with Crippen LogP contribution in [0, 0.1) is 0 Å². The minimum Gasteiger partial charge on any atom is -0.191 e. The molecule has 1 rings (SSSR count). The summed E-state index contributed by atoms with van der Waals surface area (Å²) in [5.74, 6) is -12.4. The highest BCUT2D eigenvalue weighted by molar-refractivity contribution is 14.1. The van der Waals surface area contributed by atoms with E-state index in [1.165, 1.54) is 18.2 Å². The molecule has 0 aliphatic heterocycles. The largest absolute Gasteiger partial charge is 0.389 e. The fourth-order valence-electron chi connectivity index (χ4n) is 1.06. The maximum absolute atomic E-state index is 13.3. The minimum absolute atomic E-state index is 0.290. The molecule has 1 aromatic rings. The van der Waals surface area contributed by atoms with Crippen molar-refractivity contribution >= 4 is 34.4 Å². The van der Waals surface area contributed by atoms with Gasteiger partial charge in [-0.1, -0.05) is 18.2 Å². The van der Waals surface area contributed by atoms with Gasteiger partial charge in [-0.3, -0.25) is 0 Å². The molecule has 0 aliphatic rings. The molecular formula is C10H5F8IS. The van der Waals surface area contributed by atoms with Gasteiger partial charge < -0.3 is 0 Å². The first-order valence-electron chi connectivity index (χ1n) is 4.77. The number of hydrogen-bond acceptors (Lipinski definition) is 1. The second-order valence-electron chi connectivity index (χ2n) is 3.58. The van der Waals surface area contributed by atoms with Crippen LogP contribution in [-0.4, -0.2) is 21.0 Å². The number of hydrogen-bond donors (Lipinski definition) is 0. The molecule has 0 unspecified atom stereocenters. The Labute approximate surface area is 126 Å². The zero-order valence-corrected chi connectivity index (χ0v) is 12.2. The Bertz CT molecular complexity index is 456. The van der Waals surface area contributed by atoms with Crippen molar-refractivity contribution in [2.75, 3.05) is 0 Å². The molecular weight excluding hydrogens is 431 g/mol. The molecule has 0 N–H and O–H groups in total. The van der Waals surface area contributed by atoms with Gasteiger partial charge in [0.2, 0.25) is 0 Å². The molecule has 0 fully saturated rings. The van der Waals surface area contributed by atoms with Crippen molar-refractivity contribution in [3.05, 3.63) is 30.3 Å². The number of alkyl halides is 9. The molecule has 20 heavy (non-hydrogen) atoms. The van der Waals surface area contributed by atoms with Gasteiger partial charge in [0.05, 0.1) is 0 Å². The molecule has 10 heteroatoms. The first-order chi connectivity index (χ1) is 8.83. The van der Waals surface area contributed by atoms with Gasteiger partial charge in [-0.05, 0) is 23.9 Å². The van der Waals surface area contributed by atoms with Crippen molar-refractivity contribution in [1.29, 1.82) is 0 Å². The summed E-state index contributed by atoms with van der Waals surface area (Å²) in [5, 5.41) is -5.41. The van der Waals surface area contributed by atoms with E-state index in [1.54, 1.807) is 0 Å². The number of rotatable bonds is 5. The SMILES string of the molecule is FC(F)(I)C(F)(F)C(F)(F)C(F)(F)Sc1ccccc1. The normalized spacial score (nSPS) is 14.4. The molecule has 114 valence electrons. The Balaban J connectivity index is 3.12. The zero-order chi connectivity index (χ0) is 15.8. The first kappa shape index (κ1) is 17.8. The van der Waals surface area contributed by atoms with Crippen molar-refractivity contribution in [2.24, 2.45) is 0 Å². The lowest BCUT2D eigenvalue weighted by Crippen LogP contribution is -2.59. The molecule has 0 nitrogen and oxygen atoms in total. The molecule has 0 bridgehead atoms. The van der Waals surface area contributed by atoms with Crippen LogP contribution in [-0.2, 0) is 0 Å². The number of benzene rings is 1. The van der Waals surface area contributed by atoms with Crippen LogP contribution < -0.4 is 0 Å². The summed E-state index contributed by atoms with van der Waals surface area (Å²) in [7, 11) is 0. The molecule has 0 heterocycles. The van der Waals surface area contributed by atoms with E-state index in [9.17, 15) is 35.1 Å². The van der Waals surface area contributed by atoms with Gasteiger partial charge in [0, 0.05) is 27.5 Å². The van der Waals surface area contributed by atoms with Crippen molar-refractivity contribution in [3.8, 4) is 0 Å². The summed E-state index contributed by atoms with van der Waals surface area (Å²) in [4.78, 5) is -0.454. The van der Waals surface area contributed by atoms with Crippen LogP contribution in [0.4, 0.5) is 35.1 Å². The topological polar surface area (TPSA) is 0 Å². The average molecular weight is 436 g/mol. The molecule has 0 aliphatic carbocycles. The third-order valence-electron chi connectivity index (χ3n) is 2.11. The predicted octanol–water partition coefficient (Wildman–Crippen LogP) is 5.67. The van der Waals surface area contributed by atoms with E-state index in [2.05, 4.69) is 0 Å². The lowest BCUT2D eigenvalue weighted by Gasteiger charge is -2.34. The second-order valence-corrected chi connectivity index (χ2v) is 6.12. The highest BCUT2D eigenvalue weighted by Crippen LogP contribution is 2.58. The smallest absolute Gasteiger partial charge is 0.191 e. The van der Waals surface area contributed by atoms with Crippen molar-refractivity contribution in [1.82, 2.24) is 0 Å². The summed E-state index contributed by atoms with van der Waals surface area (Å²) in [6.07, 6.45) is 0. The average Bonchev–Trinajstić information content (AvgIpc) is 2.27. The Hall–Kier alpha value is -0.260. The third kappa shape index (κ3) is 3.15. The predicted molar refractivity (Wildman–Crippen MR) is 66.1 cm³/mol. The Morgan fingerprint density at radius 2 is 1.20 bits per heavy atom. The fourth-order valence-corrected chi connectivity index (χ4v) is 2.25. The van der Waals surface area contributed by atoms with E-state index in [1.807, 2.05) is 0 Å². The second kappa shape index (κ2) is 5.50. The number of halogens is 9. The van der Waals surface area contributed by atoms with E-state index in [4.69, 9.17) is 0 Å². The van der Waals surface area contributed by atoms with E-state index < -0.39 is 37.7 Å². The molecule has 0 radical (unpaired) electrons. The van der Waals surface area contributed by atoms with Crippen LogP contribution in [0.15, 0.2) is 35.2 Å². The van der Waals surface area contributed by atoms with E-state index >= 15 is 0 Å². The highest BCUT2D eigenvalue weighted by atomic mass is 127. The van der Waals surface area contributed by atoms with E-state index in [0.29, 0.717) is 0 Å². The summed E-state index contributed by atoms with van der Waals surface area (Å²) in [6.45, 7) is 0. The lowest BCUT2D eigenvalue weighted by molar-refractivity contribution is -0.317. The molecule has 0 saturated carbocycles. The third-order valence-corrected chi connectivity index (χ3v) is 3.80. The number of thioether (sulfide) groups is 1. The van der Waals surface area contributed by atoms with Crippen molar-refractivity contribution in [2.45, 2.75) is 25.9 Å². The molecule has 0 spiro atoms. The van der Waals surface area contributed by atoms with Crippen LogP contribution in [0.2, 0.25) is 0 Å². The van der Waals surface area contributed by atoms with Crippen LogP contribution in [0.25, 0.3) is 0 Å². The summed E-state index contributed by atoms with van der Waals surface area (Å²) >= 11 is -1.19. The van der Waals surface area contributed by atoms with Crippen LogP contribution in [0.1, 0.15) is 0 Å². The van der Waals surface area contributed by atoms with Crippen molar-refractivity contribution in [3.63, 3.8) is 0 Å². The fraction of sp³-hybridized carbons (Fsp3) is 0.400. The van der Waals surface area contributed by atoms with Gasteiger partial charge in [-0.2, -0.15) is 35.1 Å². The minimum atomic E-state index is -6.23. The van der Waals surface area contributed by atoms with Gasteiger partial charge in [-0.25, -0.2) is 0 Å². The van der Waals surface area contributed by atoms with Gasteiger partial charge in [0.15, 0.2) is 0 Å². The van der Waals surface area contributed by atoms with E-state index in [0.717, 1.165) is 12.1 Å². The van der Waals surface area contributed by atoms with Crippen LogP contribution in [0.3, 0.4) is 0 Å². The van der Waals surface area contributed by atoms with Crippen LogP contribution in [0.5, 0.6) is 0 Å². The van der Waals surface area contributed by atoms with Gasteiger partial charge in [-0.15, -0.1) is 0 Å². The maximum Gasteiger partial charge on any atom is 0.389 e. The van der Waals surface area contributed by atoms with Crippen LogP contribution >= 0.6 is 34.4 Å². The molecule has 0 saturated heterocycles. The summed E-state index contributed by atoms with van der Waals surface area (Å²) in [5.41, 5.74) is 0. The molecule has 1 aromatic carbocycles. The summed E-state index contributed by atoms with van der Waals surface area (Å²) in [6, 6.07) is 5.74. The van der Waals surface area contributed by atoms with Gasteiger partial charge in [0.25, 0.3) is 0 Å². The first-order valence-corrected chi connectivity index (χ1v) is 6.67. The standard InChI is InChI=1S/C10H5F8IS/c11-7(12,9(15,16)19)8(13,14)10(17,18)20-6-4-2-1-3-5-6/h1-5H. The van der Waals surface area contributed by atoms with Gasteiger partial charge >= 0.3 is 21.0 Å².